The number of H-pyrrole nitrogens is 1. The molecule has 0 atom stereocenters. The molecule has 1 aromatic heterocycles. The zero-order valence-electron chi connectivity index (χ0n) is 14.9. The van der Waals surface area contributed by atoms with Crippen molar-refractivity contribution in [3.63, 3.8) is 0 Å². The van der Waals surface area contributed by atoms with Gasteiger partial charge < -0.3 is 9.88 Å². The van der Waals surface area contributed by atoms with Gasteiger partial charge in [-0.2, -0.15) is 4.31 Å². The molecule has 1 aromatic carbocycles. The molecule has 2 aliphatic rings. The SMILES string of the molecule is O=c1ccc2cc(S(=O)(=O)N3CCC(N4CCCCC4)CC3)ccc2[nH]1. The maximum absolute atomic E-state index is 13.0. The van der Waals surface area contributed by atoms with Crippen LogP contribution in [-0.4, -0.2) is 54.8 Å². The minimum absolute atomic E-state index is 0.187. The fraction of sp³-hybridized carbons (Fsp3) is 0.526. The van der Waals surface area contributed by atoms with Crippen LogP contribution < -0.4 is 5.56 Å². The van der Waals surface area contributed by atoms with Crippen LogP contribution >= 0.6 is 0 Å². The first kappa shape index (κ1) is 17.7. The Morgan fingerprint density at radius 2 is 1.65 bits per heavy atom. The van der Waals surface area contributed by atoms with E-state index in [1.807, 2.05) is 0 Å². The molecule has 0 spiro atoms. The van der Waals surface area contributed by atoms with Crippen molar-refractivity contribution < 1.29 is 8.42 Å². The van der Waals surface area contributed by atoms with Gasteiger partial charge in [0.1, 0.15) is 0 Å². The average Bonchev–Trinajstić information content (AvgIpc) is 2.68. The van der Waals surface area contributed by atoms with Gasteiger partial charge in [-0.15, -0.1) is 0 Å². The number of hydrogen-bond acceptors (Lipinski definition) is 4. The van der Waals surface area contributed by atoms with Crippen molar-refractivity contribution in [3.8, 4) is 0 Å². The summed E-state index contributed by atoms with van der Waals surface area (Å²) in [5.41, 5.74) is 0.466. The number of hydrogen-bond donors (Lipinski definition) is 1. The number of benzene rings is 1. The molecule has 1 N–H and O–H groups in total. The molecule has 3 heterocycles. The largest absolute Gasteiger partial charge is 0.322 e. The van der Waals surface area contributed by atoms with Gasteiger partial charge in [-0.1, -0.05) is 6.42 Å². The highest BCUT2D eigenvalue weighted by Crippen LogP contribution is 2.26. The Bertz CT molecular complexity index is 940. The average molecular weight is 375 g/mol. The van der Waals surface area contributed by atoms with Gasteiger partial charge >= 0.3 is 0 Å². The Morgan fingerprint density at radius 3 is 2.38 bits per heavy atom. The Kier molecular flexibility index (Phi) is 4.86. The fourth-order valence-corrected chi connectivity index (χ4v) is 5.68. The Balaban J connectivity index is 1.50. The molecule has 0 aliphatic carbocycles. The summed E-state index contributed by atoms with van der Waals surface area (Å²) in [7, 11) is -3.49. The molecular formula is C19H25N3O3S. The van der Waals surface area contributed by atoms with Gasteiger partial charge in [-0.25, -0.2) is 8.42 Å². The topological polar surface area (TPSA) is 73.5 Å². The van der Waals surface area contributed by atoms with Crippen molar-refractivity contribution in [2.24, 2.45) is 0 Å². The van der Waals surface area contributed by atoms with Gasteiger partial charge in [0.25, 0.3) is 0 Å². The molecule has 7 heteroatoms. The predicted molar refractivity (Wildman–Crippen MR) is 102 cm³/mol. The van der Waals surface area contributed by atoms with Crippen molar-refractivity contribution >= 4 is 20.9 Å². The summed E-state index contributed by atoms with van der Waals surface area (Å²) in [4.78, 5) is 16.9. The third-order valence-corrected chi connectivity index (χ3v) is 7.56. The number of nitrogens with zero attached hydrogens (tertiary/aromatic N) is 2. The molecule has 2 aromatic rings. The minimum Gasteiger partial charge on any atom is -0.322 e. The Hall–Kier alpha value is -1.70. The van der Waals surface area contributed by atoms with Crippen LogP contribution in [0.4, 0.5) is 0 Å². The van der Waals surface area contributed by atoms with E-state index in [4.69, 9.17) is 0 Å². The maximum atomic E-state index is 13.0. The van der Waals surface area contributed by atoms with Gasteiger partial charge in [0, 0.05) is 30.7 Å². The molecule has 2 aliphatic heterocycles. The Labute approximate surface area is 153 Å². The zero-order valence-corrected chi connectivity index (χ0v) is 15.7. The first-order chi connectivity index (χ1) is 12.5. The van der Waals surface area contributed by atoms with Crippen LogP contribution in [0.1, 0.15) is 32.1 Å². The molecule has 0 bridgehead atoms. The highest BCUT2D eigenvalue weighted by molar-refractivity contribution is 7.89. The molecule has 0 saturated carbocycles. The summed E-state index contributed by atoms with van der Waals surface area (Å²) in [6.07, 6.45) is 5.65. The fourth-order valence-electron chi connectivity index (χ4n) is 4.17. The monoisotopic (exact) mass is 375 g/mol. The van der Waals surface area contributed by atoms with Crippen LogP contribution in [0, 0.1) is 0 Å². The normalized spacial score (nSPS) is 21.2. The van der Waals surface area contributed by atoms with Crippen LogP contribution in [0.25, 0.3) is 10.9 Å². The highest BCUT2D eigenvalue weighted by Gasteiger charge is 2.32. The zero-order chi connectivity index (χ0) is 18.1. The minimum atomic E-state index is -3.49. The predicted octanol–water partition coefficient (Wildman–Crippen LogP) is 2.17. The molecule has 0 radical (unpaired) electrons. The van der Waals surface area contributed by atoms with Gasteiger partial charge in [0.05, 0.1) is 4.90 Å². The van der Waals surface area contributed by atoms with Crippen molar-refractivity contribution in [3.05, 3.63) is 40.7 Å². The van der Waals surface area contributed by atoms with E-state index in [9.17, 15) is 13.2 Å². The molecule has 0 amide bonds. The lowest BCUT2D eigenvalue weighted by molar-refractivity contribution is 0.118. The lowest BCUT2D eigenvalue weighted by atomic mass is 10.0. The second-order valence-corrected chi connectivity index (χ2v) is 9.24. The standard InChI is InChI=1S/C19H25N3O3S/c23-19-7-4-15-14-17(5-6-18(15)20-19)26(24,25)22-12-8-16(9-13-22)21-10-2-1-3-11-21/h4-7,14,16H,1-3,8-13H2,(H,20,23). The number of rotatable bonds is 3. The van der Waals surface area contributed by atoms with Gasteiger partial charge in [0.2, 0.25) is 15.6 Å². The van der Waals surface area contributed by atoms with E-state index >= 15 is 0 Å². The molecule has 2 saturated heterocycles. The van der Waals surface area contributed by atoms with Crippen molar-refractivity contribution in [2.75, 3.05) is 26.2 Å². The molecule has 26 heavy (non-hydrogen) atoms. The van der Waals surface area contributed by atoms with Crippen LogP contribution in [0.3, 0.4) is 0 Å². The Morgan fingerprint density at radius 1 is 0.923 bits per heavy atom. The van der Waals surface area contributed by atoms with Gasteiger partial charge in [-0.3, -0.25) is 4.79 Å². The summed E-state index contributed by atoms with van der Waals surface area (Å²) in [6.45, 7) is 3.46. The number of aromatic amines is 1. The summed E-state index contributed by atoms with van der Waals surface area (Å²) >= 11 is 0. The number of aromatic nitrogens is 1. The van der Waals surface area contributed by atoms with E-state index in [2.05, 4.69) is 9.88 Å². The molecule has 2 fully saturated rings. The first-order valence-corrected chi connectivity index (χ1v) is 10.9. The summed E-state index contributed by atoms with van der Waals surface area (Å²) in [5, 5.41) is 0.730. The van der Waals surface area contributed by atoms with Gasteiger partial charge in [-0.05, 0) is 68.4 Å². The van der Waals surface area contributed by atoms with E-state index in [-0.39, 0.29) is 5.56 Å². The summed E-state index contributed by atoms with van der Waals surface area (Å²) in [5.74, 6) is 0. The number of piperidine rings is 2. The lowest BCUT2D eigenvalue weighted by Gasteiger charge is -2.39. The second-order valence-electron chi connectivity index (χ2n) is 7.30. The number of nitrogens with one attached hydrogen (secondary N) is 1. The molecule has 6 nitrogen and oxygen atoms in total. The third kappa shape index (κ3) is 3.43. The molecular weight excluding hydrogens is 350 g/mol. The van der Waals surface area contributed by atoms with E-state index in [0.717, 1.165) is 31.3 Å². The maximum Gasteiger partial charge on any atom is 0.248 e. The van der Waals surface area contributed by atoms with E-state index in [1.54, 1.807) is 28.6 Å². The molecule has 4 rings (SSSR count). The van der Waals surface area contributed by atoms with E-state index < -0.39 is 10.0 Å². The van der Waals surface area contributed by atoms with Crippen molar-refractivity contribution in [2.45, 2.75) is 43.0 Å². The lowest BCUT2D eigenvalue weighted by Crippen LogP contribution is -2.48. The van der Waals surface area contributed by atoms with Crippen molar-refractivity contribution in [1.82, 2.24) is 14.2 Å². The van der Waals surface area contributed by atoms with Crippen LogP contribution in [0.15, 0.2) is 40.0 Å². The third-order valence-electron chi connectivity index (χ3n) is 5.66. The van der Waals surface area contributed by atoms with Crippen molar-refractivity contribution in [1.29, 1.82) is 0 Å². The van der Waals surface area contributed by atoms with E-state index in [1.165, 1.54) is 25.3 Å². The molecule has 140 valence electrons. The van der Waals surface area contributed by atoms with Crippen LogP contribution in [0.5, 0.6) is 0 Å². The summed E-state index contributed by atoms with van der Waals surface area (Å²) < 4.78 is 27.7. The smallest absolute Gasteiger partial charge is 0.248 e. The quantitative estimate of drug-likeness (QED) is 0.892. The van der Waals surface area contributed by atoms with Crippen LogP contribution in [0.2, 0.25) is 0 Å². The summed E-state index contributed by atoms with van der Waals surface area (Å²) in [6, 6.07) is 8.51. The van der Waals surface area contributed by atoms with Crippen LogP contribution in [-0.2, 0) is 10.0 Å². The second kappa shape index (κ2) is 7.13. The van der Waals surface area contributed by atoms with Gasteiger partial charge in [0.15, 0.2) is 0 Å². The number of sulfonamides is 1. The number of likely N-dealkylation sites (tertiary alicyclic amines) is 1. The van der Waals surface area contributed by atoms with E-state index in [0.29, 0.717) is 29.5 Å². The number of fused-ring (bicyclic) bond motifs is 1. The number of pyridine rings is 1. The first-order valence-electron chi connectivity index (χ1n) is 9.41. The molecule has 0 unspecified atom stereocenters. The highest BCUT2D eigenvalue weighted by atomic mass is 32.2.